The van der Waals surface area contributed by atoms with E-state index >= 15 is 0 Å². The molecule has 21 heavy (non-hydrogen) atoms. The molecule has 2 amide bonds. The van der Waals surface area contributed by atoms with E-state index in [1.54, 1.807) is 0 Å². The van der Waals surface area contributed by atoms with Gasteiger partial charge in [0.2, 0.25) is 11.3 Å². The van der Waals surface area contributed by atoms with E-state index in [0.717, 1.165) is 6.07 Å². The summed E-state index contributed by atoms with van der Waals surface area (Å²) in [6, 6.07) is 4.83. The summed E-state index contributed by atoms with van der Waals surface area (Å²) in [5, 5.41) is 4.76. The second-order valence-electron chi connectivity index (χ2n) is 4.25. The molecule has 0 atom stereocenters. The molecule has 1 heterocycles. The van der Waals surface area contributed by atoms with Crippen molar-refractivity contribution in [2.75, 3.05) is 10.6 Å². The van der Waals surface area contributed by atoms with Crippen molar-refractivity contribution in [3.8, 4) is 0 Å². The summed E-state index contributed by atoms with van der Waals surface area (Å²) in [4.78, 5) is 37.1. The fraction of sp³-hybridized carbons (Fsp3) is 0.0714. The van der Waals surface area contributed by atoms with Crippen LogP contribution in [0.5, 0.6) is 0 Å². The van der Waals surface area contributed by atoms with Gasteiger partial charge in [-0.2, -0.15) is 0 Å². The Labute approximate surface area is 119 Å². The number of rotatable bonds is 3. The fourth-order valence-corrected chi connectivity index (χ4v) is 1.68. The molecule has 0 spiro atoms. The molecule has 0 bridgehead atoms. The summed E-state index contributed by atoms with van der Waals surface area (Å²) in [6.07, 6.45) is 2.71. The molecule has 0 saturated carbocycles. The maximum atomic E-state index is 13.7. The highest BCUT2D eigenvalue weighted by molar-refractivity contribution is 6.05. The van der Waals surface area contributed by atoms with E-state index in [0.29, 0.717) is 0 Å². The third kappa shape index (κ3) is 3.53. The highest BCUT2D eigenvalue weighted by Crippen LogP contribution is 2.16. The first-order chi connectivity index (χ1) is 9.97. The Kier molecular flexibility index (Phi) is 4.13. The van der Waals surface area contributed by atoms with Gasteiger partial charge < -0.3 is 15.6 Å². The molecule has 0 radical (unpaired) electrons. The Balaban J connectivity index is 2.28. The van der Waals surface area contributed by atoms with Crippen molar-refractivity contribution in [2.45, 2.75) is 6.92 Å². The zero-order valence-electron chi connectivity index (χ0n) is 11.1. The fourth-order valence-electron chi connectivity index (χ4n) is 1.68. The van der Waals surface area contributed by atoms with Crippen LogP contribution in [0.1, 0.15) is 17.3 Å². The molecule has 7 heteroatoms. The number of carbonyl (C=O) groups excluding carboxylic acids is 2. The van der Waals surface area contributed by atoms with Crippen LogP contribution in [-0.2, 0) is 4.79 Å². The van der Waals surface area contributed by atoms with Crippen LogP contribution in [-0.4, -0.2) is 16.8 Å². The molecule has 6 nitrogen and oxygen atoms in total. The lowest BCUT2D eigenvalue weighted by Gasteiger charge is -2.08. The van der Waals surface area contributed by atoms with Gasteiger partial charge >= 0.3 is 0 Å². The van der Waals surface area contributed by atoms with Crippen LogP contribution in [0.4, 0.5) is 15.8 Å². The Morgan fingerprint density at radius 3 is 2.62 bits per heavy atom. The third-order valence-corrected chi connectivity index (χ3v) is 2.60. The first-order valence-corrected chi connectivity index (χ1v) is 6.03. The quantitative estimate of drug-likeness (QED) is 0.803. The van der Waals surface area contributed by atoms with E-state index < -0.39 is 17.2 Å². The largest absolute Gasteiger partial charge is 0.366 e. The number of pyridine rings is 1. The molecule has 0 aliphatic rings. The predicted octanol–water partition coefficient (Wildman–Crippen LogP) is 1.72. The van der Waals surface area contributed by atoms with E-state index in [9.17, 15) is 18.8 Å². The second kappa shape index (κ2) is 6.00. The number of carbonyl (C=O) groups is 2. The van der Waals surface area contributed by atoms with Crippen molar-refractivity contribution < 1.29 is 14.0 Å². The van der Waals surface area contributed by atoms with Crippen LogP contribution < -0.4 is 16.1 Å². The van der Waals surface area contributed by atoms with Crippen molar-refractivity contribution in [2.24, 2.45) is 0 Å². The maximum Gasteiger partial charge on any atom is 0.258 e. The van der Waals surface area contributed by atoms with Crippen molar-refractivity contribution >= 4 is 23.2 Å². The number of halogens is 1. The number of benzene rings is 1. The van der Waals surface area contributed by atoms with Gasteiger partial charge in [-0.05, 0) is 18.2 Å². The first-order valence-electron chi connectivity index (χ1n) is 6.03. The minimum Gasteiger partial charge on any atom is -0.366 e. The number of anilines is 2. The highest BCUT2D eigenvalue weighted by atomic mass is 19.1. The Morgan fingerprint density at radius 2 is 1.95 bits per heavy atom. The zero-order chi connectivity index (χ0) is 15.4. The molecule has 1 aromatic heterocycles. The monoisotopic (exact) mass is 289 g/mol. The van der Waals surface area contributed by atoms with Gasteiger partial charge in [-0.15, -0.1) is 0 Å². The molecule has 108 valence electrons. The highest BCUT2D eigenvalue weighted by Gasteiger charge is 2.14. The normalized spacial score (nSPS) is 10.0. The second-order valence-corrected chi connectivity index (χ2v) is 4.25. The average molecular weight is 289 g/mol. The lowest BCUT2D eigenvalue weighted by Crippen LogP contribution is -2.19. The molecule has 2 aromatic rings. The number of hydrogen-bond acceptors (Lipinski definition) is 3. The summed E-state index contributed by atoms with van der Waals surface area (Å²) in [5.41, 5.74) is -0.382. The number of aromatic nitrogens is 1. The molecule has 3 N–H and O–H groups in total. The molecular formula is C14H12FN3O3. The molecule has 0 fully saturated rings. The molecule has 1 aromatic carbocycles. The topological polar surface area (TPSA) is 91.1 Å². The van der Waals surface area contributed by atoms with Gasteiger partial charge in [0.25, 0.3) is 5.91 Å². The van der Waals surface area contributed by atoms with E-state index in [4.69, 9.17) is 0 Å². The number of aromatic amines is 1. The zero-order valence-corrected chi connectivity index (χ0v) is 11.1. The van der Waals surface area contributed by atoms with Crippen molar-refractivity contribution in [3.63, 3.8) is 0 Å². The Morgan fingerprint density at radius 1 is 1.19 bits per heavy atom. The van der Waals surface area contributed by atoms with Crippen LogP contribution in [0.3, 0.4) is 0 Å². The number of nitrogens with one attached hydrogen (secondary N) is 3. The number of hydrogen-bond donors (Lipinski definition) is 3. The van der Waals surface area contributed by atoms with Crippen molar-refractivity contribution in [3.05, 3.63) is 58.3 Å². The van der Waals surface area contributed by atoms with E-state index in [1.807, 2.05) is 0 Å². The molecule has 0 aliphatic heterocycles. The van der Waals surface area contributed by atoms with Gasteiger partial charge in [0.05, 0.1) is 5.56 Å². The maximum absolute atomic E-state index is 13.7. The van der Waals surface area contributed by atoms with Gasteiger partial charge in [-0.1, -0.05) is 0 Å². The van der Waals surface area contributed by atoms with Crippen LogP contribution >= 0.6 is 0 Å². The molecule has 2 rings (SSSR count). The third-order valence-electron chi connectivity index (χ3n) is 2.60. The predicted molar refractivity (Wildman–Crippen MR) is 75.7 cm³/mol. The summed E-state index contributed by atoms with van der Waals surface area (Å²) < 4.78 is 13.7. The van der Waals surface area contributed by atoms with Crippen LogP contribution in [0.15, 0.2) is 41.5 Å². The Bertz CT molecular complexity index is 755. The van der Waals surface area contributed by atoms with E-state index in [1.165, 1.54) is 37.5 Å². The van der Waals surface area contributed by atoms with Crippen molar-refractivity contribution in [1.29, 1.82) is 0 Å². The van der Waals surface area contributed by atoms with Gasteiger partial charge in [0.15, 0.2) is 0 Å². The van der Waals surface area contributed by atoms with Gasteiger partial charge in [0.1, 0.15) is 11.5 Å². The lowest BCUT2D eigenvalue weighted by atomic mass is 10.1. The van der Waals surface area contributed by atoms with Gasteiger partial charge in [0, 0.05) is 31.1 Å². The summed E-state index contributed by atoms with van der Waals surface area (Å²) >= 11 is 0. The van der Waals surface area contributed by atoms with Gasteiger partial charge in [-0.25, -0.2) is 4.39 Å². The summed E-state index contributed by atoms with van der Waals surface area (Å²) in [6.45, 7) is 1.30. The standard InChI is InChI=1S/C14H12FN3O3/c1-8(19)17-9-2-3-11(15)10(6-9)14(21)18-12-7-16-5-4-13(12)20/h2-7H,1H3,(H,16,20)(H,17,19)(H,18,21). The van der Waals surface area contributed by atoms with Crippen molar-refractivity contribution in [1.82, 2.24) is 4.98 Å². The summed E-state index contributed by atoms with van der Waals surface area (Å²) in [7, 11) is 0. The van der Waals surface area contributed by atoms with Crippen LogP contribution in [0.25, 0.3) is 0 Å². The lowest BCUT2D eigenvalue weighted by molar-refractivity contribution is -0.114. The van der Waals surface area contributed by atoms with E-state index in [2.05, 4.69) is 15.6 Å². The van der Waals surface area contributed by atoms with E-state index in [-0.39, 0.29) is 22.8 Å². The molecular weight excluding hydrogens is 277 g/mol. The number of amides is 2. The molecule has 0 unspecified atom stereocenters. The first kappa shape index (κ1) is 14.4. The summed E-state index contributed by atoms with van der Waals surface area (Å²) in [5.74, 6) is -1.88. The van der Waals surface area contributed by atoms with Crippen LogP contribution in [0, 0.1) is 5.82 Å². The molecule has 0 saturated heterocycles. The molecule has 0 aliphatic carbocycles. The minimum absolute atomic E-state index is 0.00632. The van der Waals surface area contributed by atoms with Gasteiger partial charge in [-0.3, -0.25) is 14.4 Å². The van der Waals surface area contributed by atoms with Crippen LogP contribution in [0.2, 0.25) is 0 Å². The smallest absolute Gasteiger partial charge is 0.258 e. The Hall–Kier alpha value is -2.96. The average Bonchev–Trinajstić information content (AvgIpc) is 2.43. The number of H-pyrrole nitrogens is 1. The minimum atomic E-state index is -0.781. The SMILES string of the molecule is CC(=O)Nc1ccc(F)c(C(=O)Nc2c[nH]ccc2=O)c1.